The second-order valence-electron chi connectivity index (χ2n) is 7.59. The van der Waals surface area contributed by atoms with Crippen LogP contribution in [-0.4, -0.2) is 55.4 Å². The molecule has 0 spiro atoms. The van der Waals surface area contributed by atoms with Crippen molar-refractivity contribution in [2.75, 3.05) is 18.1 Å². The van der Waals surface area contributed by atoms with Gasteiger partial charge in [0.2, 0.25) is 0 Å². The Bertz CT molecular complexity index is 781. The molecule has 7 heteroatoms. The summed E-state index contributed by atoms with van der Waals surface area (Å²) in [5, 5.41) is 0. The smallest absolute Gasteiger partial charge is 0.338 e. The van der Waals surface area contributed by atoms with Gasteiger partial charge >= 0.3 is 5.97 Å². The van der Waals surface area contributed by atoms with Crippen molar-refractivity contribution in [3.8, 4) is 0 Å². The lowest BCUT2D eigenvalue weighted by atomic mass is 9.93. The number of ether oxygens (including phenoxy) is 1. The highest BCUT2D eigenvalue weighted by Crippen LogP contribution is 2.28. The molecule has 1 atom stereocenters. The van der Waals surface area contributed by atoms with E-state index in [0.29, 0.717) is 12.0 Å². The number of amides is 1. The average Bonchev–Trinajstić information content (AvgIpc) is 3.00. The summed E-state index contributed by atoms with van der Waals surface area (Å²) in [6.45, 7) is 1.58. The van der Waals surface area contributed by atoms with Crippen LogP contribution in [0.25, 0.3) is 0 Å². The topological polar surface area (TPSA) is 80.8 Å². The first-order valence-electron chi connectivity index (χ1n) is 9.61. The Balaban J connectivity index is 1.67. The van der Waals surface area contributed by atoms with E-state index in [4.69, 9.17) is 4.74 Å². The van der Waals surface area contributed by atoms with Crippen molar-refractivity contribution in [1.82, 2.24) is 4.90 Å². The molecular formula is C20H27NO5S. The molecule has 1 heterocycles. The van der Waals surface area contributed by atoms with Crippen molar-refractivity contribution < 1.29 is 22.7 Å². The van der Waals surface area contributed by atoms with Crippen LogP contribution in [0.4, 0.5) is 0 Å². The number of nitrogens with zero attached hydrogens (tertiary/aromatic N) is 1. The first kappa shape index (κ1) is 19.9. The zero-order valence-electron chi connectivity index (χ0n) is 15.7. The summed E-state index contributed by atoms with van der Waals surface area (Å²) >= 11 is 0. The van der Waals surface area contributed by atoms with Crippen LogP contribution in [0.1, 0.15) is 54.4 Å². The van der Waals surface area contributed by atoms with Gasteiger partial charge in [0.1, 0.15) is 0 Å². The average molecular weight is 394 g/mol. The minimum absolute atomic E-state index is 0.0150. The fourth-order valence-electron chi connectivity index (χ4n) is 4.03. The number of carbonyl (C=O) groups is 2. The summed E-state index contributed by atoms with van der Waals surface area (Å²) in [7, 11) is -3.09. The van der Waals surface area contributed by atoms with Gasteiger partial charge in [-0.1, -0.05) is 37.0 Å². The van der Waals surface area contributed by atoms with Gasteiger partial charge in [0.15, 0.2) is 16.4 Å². The second-order valence-corrected chi connectivity index (χ2v) is 9.82. The van der Waals surface area contributed by atoms with Crippen LogP contribution in [0.3, 0.4) is 0 Å². The maximum atomic E-state index is 12.9. The molecule has 1 aliphatic carbocycles. The number of aryl methyl sites for hydroxylation is 1. The van der Waals surface area contributed by atoms with Crippen molar-refractivity contribution >= 4 is 21.7 Å². The quantitative estimate of drug-likeness (QED) is 0.718. The third-order valence-electron chi connectivity index (χ3n) is 5.47. The molecule has 27 heavy (non-hydrogen) atoms. The van der Waals surface area contributed by atoms with Crippen LogP contribution >= 0.6 is 0 Å². The van der Waals surface area contributed by atoms with Gasteiger partial charge in [0.05, 0.1) is 17.1 Å². The van der Waals surface area contributed by atoms with Gasteiger partial charge < -0.3 is 9.64 Å². The summed E-state index contributed by atoms with van der Waals surface area (Å²) in [5.74, 6) is -0.686. The molecule has 0 N–H and O–H groups in total. The number of benzene rings is 1. The van der Waals surface area contributed by atoms with Crippen molar-refractivity contribution in [2.24, 2.45) is 0 Å². The van der Waals surface area contributed by atoms with Crippen LogP contribution < -0.4 is 0 Å². The highest BCUT2D eigenvalue weighted by atomic mass is 32.2. The molecule has 0 bridgehead atoms. The number of rotatable bonds is 5. The van der Waals surface area contributed by atoms with Crippen molar-refractivity contribution in [3.05, 3.63) is 35.4 Å². The van der Waals surface area contributed by atoms with E-state index in [0.717, 1.165) is 37.7 Å². The molecule has 1 saturated heterocycles. The fraction of sp³-hybridized carbons (Fsp3) is 0.600. The van der Waals surface area contributed by atoms with E-state index >= 15 is 0 Å². The zero-order valence-corrected chi connectivity index (χ0v) is 16.5. The van der Waals surface area contributed by atoms with Crippen LogP contribution in [-0.2, 0) is 19.4 Å². The maximum absolute atomic E-state index is 12.9. The Kier molecular flexibility index (Phi) is 6.19. The summed E-state index contributed by atoms with van der Waals surface area (Å²) < 4.78 is 29.0. The fourth-order valence-corrected chi connectivity index (χ4v) is 5.75. The first-order chi connectivity index (χ1) is 12.9. The third-order valence-corrected chi connectivity index (χ3v) is 7.22. The Morgan fingerprint density at radius 1 is 1.04 bits per heavy atom. The van der Waals surface area contributed by atoms with Crippen LogP contribution in [0.2, 0.25) is 0 Å². The van der Waals surface area contributed by atoms with Crippen LogP contribution in [0.5, 0.6) is 0 Å². The summed E-state index contributed by atoms with van der Waals surface area (Å²) in [5.41, 5.74) is 1.44. The Labute approximate surface area is 160 Å². The third kappa shape index (κ3) is 5.09. The zero-order chi connectivity index (χ0) is 19.4. The first-order valence-corrected chi connectivity index (χ1v) is 11.4. The number of hydrogen-bond acceptors (Lipinski definition) is 5. The number of carbonyl (C=O) groups excluding carboxylic acids is 2. The van der Waals surface area contributed by atoms with Gasteiger partial charge in [-0.15, -0.1) is 0 Å². The molecule has 1 unspecified atom stereocenters. The van der Waals surface area contributed by atoms with Crippen LogP contribution in [0.15, 0.2) is 24.3 Å². The van der Waals surface area contributed by atoms with Crippen LogP contribution in [0, 0.1) is 6.92 Å². The molecule has 1 aromatic carbocycles. The molecule has 6 nitrogen and oxygen atoms in total. The van der Waals surface area contributed by atoms with Gasteiger partial charge in [-0.3, -0.25) is 4.79 Å². The normalized spacial score (nSPS) is 22.3. The summed E-state index contributed by atoms with van der Waals surface area (Å²) in [4.78, 5) is 26.8. The molecule has 0 aromatic heterocycles. The lowest BCUT2D eigenvalue weighted by molar-refractivity contribution is -0.140. The minimum atomic E-state index is -3.09. The largest absolute Gasteiger partial charge is 0.452 e. The monoisotopic (exact) mass is 393 g/mol. The summed E-state index contributed by atoms with van der Waals surface area (Å²) in [6.07, 6.45) is 5.46. The second kappa shape index (κ2) is 8.42. The number of esters is 1. The Morgan fingerprint density at radius 2 is 1.70 bits per heavy atom. The summed E-state index contributed by atoms with van der Waals surface area (Å²) in [6, 6.07) is 6.72. The molecule has 2 fully saturated rings. The Hall–Kier alpha value is -1.89. The van der Waals surface area contributed by atoms with Crippen molar-refractivity contribution in [3.63, 3.8) is 0 Å². The van der Waals surface area contributed by atoms with Gasteiger partial charge in [0.25, 0.3) is 5.91 Å². The van der Waals surface area contributed by atoms with E-state index in [1.165, 1.54) is 0 Å². The number of sulfone groups is 1. The Morgan fingerprint density at radius 3 is 2.30 bits per heavy atom. The molecule has 148 valence electrons. The molecule has 1 saturated carbocycles. The van der Waals surface area contributed by atoms with E-state index < -0.39 is 15.8 Å². The number of hydrogen-bond donors (Lipinski definition) is 0. The standard InChI is InChI=1S/C20H27NO5S/c1-15-7-9-16(10-8-15)20(23)26-13-19(22)21(17-5-3-2-4-6-17)18-11-12-27(24,25)14-18/h7-10,17-18H,2-6,11-14H2,1H3. The molecule has 0 radical (unpaired) electrons. The van der Waals surface area contributed by atoms with E-state index in [1.54, 1.807) is 17.0 Å². The van der Waals surface area contributed by atoms with E-state index in [2.05, 4.69) is 0 Å². The van der Waals surface area contributed by atoms with Gasteiger partial charge in [-0.05, 0) is 38.3 Å². The molecule has 1 amide bonds. The highest BCUT2D eigenvalue weighted by molar-refractivity contribution is 7.91. The van der Waals surface area contributed by atoms with E-state index in [9.17, 15) is 18.0 Å². The molecular weight excluding hydrogens is 366 g/mol. The van der Waals surface area contributed by atoms with Gasteiger partial charge in [-0.25, -0.2) is 13.2 Å². The molecule has 3 rings (SSSR count). The van der Waals surface area contributed by atoms with Gasteiger partial charge in [-0.2, -0.15) is 0 Å². The SMILES string of the molecule is Cc1ccc(C(=O)OCC(=O)N(C2CCCCC2)C2CCS(=O)(=O)C2)cc1. The minimum Gasteiger partial charge on any atom is -0.452 e. The molecule has 2 aliphatic rings. The molecule has 1 aromatic rings. The lowest BCUT2D eigenvalue weighted by Crippen LogP contribution is -2.50. The van der Waals surface area contributed by atoms with E-state index in [1.807, 2.05) is 19.1 Å². The molecule has 1 aliphatic heterocycles. The lowest BCUT2D eigenvalue weighted by Gasteiger charge is -2.38. The predicted octanol–water partition coefficient (Wildman–Crippen LogP) is 2.50. The van der Waals surface area contributed by atoms with E-state index in [-0.39, 0.29) is 36.1 Å². The van der Waals surface area contributed by atoms with Crippen molar-refractivity contribution in [1.29, 1.82) is 0 Å². The highest BCUT2D eigenvalue weighted by Gasteiger charge is 2.38. The van der Waals surface area contributed by atoms with Gasteiger partial charge in [0, 0.05) is 12.1 Å². The predicted molar refractivity (Wildman–Crippen MR) is 102 cm³/mol. The van der Waals surface area contributed by atoms with Crippen molar-refractivity contribution in [2.45, 2.75) is 57.5 Å². The maximum Gasteiger partial charge on any atom is 0.338 e.